The zero-order chi connectivity index (χ0) is 18.7. The molecule has 2 amide bonds. The molecule has 0 heterocycles. The van der Waals surface area contributed by atoms with Gasteiger partial charge in [0.25, 0.3) is 0 Å². The molecule has 0 aliphatic carbocycles. The minimum Gasteiger partial charge on any atom is -0.354 e. The minimum atomic E-state index is -4.54. The van der Waals surface area contributed by atoms with Gasteiger partial charge in [-0.25, -0.2) is 0 Å². The van der Waals surface area contributed by atoms with Crippen LogP contribution in [-0.4, -0.2) is 24.9 Å². The minimum absolute atomic E-state index is 0.0121. The first-order valence-corrected chi connectivity index (χ1v) is 7.65. The Labute approximate surface area is 144 Å². The van der Waals surface area contributed by atoms with E-state index in [1.807, 2.05) is 0 Å². The van der Waals surface area contributed by atoms with Crippen molar-refractivity contribution >= 4 is 29.1 Å². The van der Waals surface area contributed by atoms with E-state index in [-0.39, 0.29) is 29.7 Å². The van der Waals surface area contributed by atoms with Crippen molar-refractivity contribution in [3.8, 4) is 0 Å². The van der Waals surface area contributed by atoms with Crippen LogP contribution < -0.4 is 10.2 Å². The lowest BCUT2D eigenvalue weighted by atomic mass is 9.96. The molecule has 0 saturated carbocycles. The molecule has 0 saturated heterocycles. The van der Waals surface area contributed by atoms with Gasteiger partial charge in [-0.3, -0.25) is 9.59 Å². The number of hydrogen-bond acceptors (Lipinski definition) is 2. The summed E-state index contributed by atoms with van der Waals surface area (Å²) in [5, 5.41) is 2.67. The highest BCUT2D eigenvalue weighted by atomic mass is 35.5. The van der Waals surface area contributed by atoms with Gasteiger partial charge in [-0.1, -0.05) is 32.4 Å². The summed E-state index contributed by atoms with van der Waals surface area (Å²) in [6.07, 6.45) is -4.54. The smallest absolute Gasteiger partial charge is 0.354 e. The number of halogens is 4. The molecule has 24 heavy (non-hydrogen) atoms. The molecule has 1 aromatic carbocycles. The van der Waals surface area contributed by atoms with Crippen LogP contribution in [0.25, 0.3) is 0 Å². The molecule has 0 aliphatic heterocycles. The second kappa shape index (κ2) is 7.42. The van der Waals surface area contributed by atoms with Gasteiger partial charge in [0.15, 0.2) is 0 Å². The third-order valence-electron chi connectivity index (χ3n) is 3.25. The molecule has 0 atom stereocenters. The molecule has 0 unspecified atom stereocenters. The average Bonchev–Trinajstić information content (AvgIpc) is 2.41. The van der Waals surface area contributed by atoms with Gasteiger partial charge in [0.05, 0.1) is 16.3 Å². The van der Waals surface area contributed by atoms with Crippen molar-refractivity contribution < 1.29 is 22.8 Å². The Morgan fingerprint density at radius 3 is 2.25 bits per heavy atom. The predicted octanol–water partition coefficient (Wildman–Crippen LogP) is 3.87. The van der Waals surface area contributed by atoms with Crippen LogP contribution in [0, 0.1) is 5.41 Å². The van der Waals surface area contributed by atoms with Crippen molar-refractivity contribution in [1.29, 1.82) is 0 Å². The molecule has 1 rings (SSSR count). The lowest BCUT2D eigenvalue weighted by molar-refractivity contribution is -0.137. The van der Waals surface area contributed by atoms with Gasteiger partial charge < -0.3 is 10.2 Å². The predicted molar refractivity (Wildman–Crippen MR) is 86.9 cm³/mol. The molecule has 0 aromatic heterocycles. The second-order valence-corrected chi connectivity index (χ2v) is 6.75. The average molecular weight is 365 g/mol. The van der Waals surface area contributed by atoms with E-state index in [0.29, 0.717) is 0 Å². The van der Waals surface area contributed by atoms with Crippen molar-refractivity contribution in [3.63, 3.8) is 0 Å². The first-order chi connectivity index (χ1) is 10.8. The van der Waals surface area contributed by atoms with Gasteiger partial charge in [0.2, 0.25) is 11.8 Å². The van der Waals surface area contributed by atoms with E-state index in [9.17, 15) is 22.8 Å². The van der Waals surface area contributed by atoms with Crippen LogP contribution in [0.15, 0.2) is 18.2 Å². The van der Waals surface area contributed by atoms with Crippen LogP contribution >= 0.6 is 11.6 Å². The number of carbonyl (C=O) groups is 2. The number of amides is 2. The van der Waals surface area contributed by atoms with Gasteiger partial charge >= 0.3 is 6.18 Å². The van der Waals surface area contributed by atoms with Crippen molar-refractivity contribution in [2.45, 2.75) is 33.9 Å². The number of hydrogen-bond donors (Lipinski definition) is 1. The Hall–Kier alpha value is -1.76. The van der Waals surface area contributed by atoms with E-state index in [4.69, 9.17) is 11.6 Å². The number of rotatable bonds is 4. The molecule has 1 N–H and O–H groups in total. The van der Waals surface area contributed by atoms with E-state index < -0.39 is 23.1 Å². The third kappa shape index (κ3) is 5.40. The van der Waals surface area contributed by atoms with Gasteiger partial charge in [-0.05, 0) is 18.2 Å². The van der Waals surface area contributed by atoms with Gasteiger partial charge in [-0.2, -0.15) is 13.2 Å². The fourth-order valence-corrected chi connectivity index (χ4v) is 2.11. The molecule has 8 heteroatoms. The first kappa shape index (κ1) is 20.3. The lowest BCUT2D eigenvalue weighted by Gasteiger charge is -2.25. The summed E-state index contributed by atoms with van der Waals surface area (Å²) >= 11 is 5.95. The third-order valence-corrected chi connectivity index (χ3v) is 3.57. The van der Waals surface area contributed by atoms with Crippen LogP contribution in [0.1, 0.15) is 33.3 Å². The largest absolute Gasteiger partial charge is 0.416 e. The standard InChI is InChI=1S/C16H20ClF3N2O2/c1-10(23)22(8-7-21-14(24)15(2,3)4)13-9-11(16(18,19)20)5-6-12(13)17/h5-6,9H,7-8H2,1-4H3,(H,21,24). The quantitative estimate of drug-likeness (QED) is 0.881. The van der Waals surface area contributed by atoms with Crippen LogP contribution in [0.2, 0.25) is 5.02 Å². The SMILES string of the molecule is CC(=O)N(CCNC(=O)C(C)(C)C)c1cc(C(F)(F)F)ccc1Cl. The number of nitrogens with zero attached hydrogens (tertiary/aromatic N) is 1. The fourth-order valence-electron chi connectivity index (χ4n) is 1.89. The normalized spacial score (nSPS) is 12.0. The summed E-state index contributed by atoms with van der Waals surface area (Å²) in [5.74, 6) is -0.692. The maximum atomic E-state index is 12.8. The molecular formula is C16H20ClF3N2O2. The summed E-state index contributed by atoms with van der Waals surface area (Å²) in [7, 11) is 0. The Bertz CT molecular complexity index is 625. The topological polar surface area (TPSA) is 49.4 Å². The highest BCUT2D eigenvalue weighted by Gasteiger charge is 2.32. The van der Waals surface area contributed by atoms with Crippen molar-refractivity contribution in [3.05, 3.63) is 28.8 Å². The fraction of sp³-hybridized carbons (Fsp3) is 0.500. The zero-order valence-corrected chi connectivity index (χ0v) is 14.7. The highest BCUT2D eigenvalue weighted by Crippen LogP contribution is 2.35. The molecular weight excluding hydrogens is 345 g/mol. The van der Waals surface area contributed by atoms with Crippen LogP contribution in [0.3, 0.4) is 0 Å². The summed E-state index contributed by atoms with van der Waals surface area (Å²) < 4.78 is 38.5. The molecule has 134 valence electrons. The monoisotopic (exact) mass is 364 g/mol. The maximum absolute atomic E-state index is 12.8. The molecule has 0 spiro atoms. The Kier molecular flexibility index (Phi) is 6.27. The summed E-state index contributed by atoms with van der Waals surface area (Å²) in [4.78, 5) is 24.7. The van der Waals surface area contributed by atoms with Gasteiger partial charge in [0.1, 0.15) is 0 Å². The van der Waals surface area contributed by atoms with E-state index in [1.54, 1.807) is 20.8 Å². The number of alkyl halides is 3. The zero-order valence-electron chi connectivity index (χ0n) is 13.9. The van der Waals surface area contributed by atoms with Gasteiger partial charge in [-0.15, -0.1) is 0 Å². The number of benzene rings is 1. The molecule has 4 nitrogen and oxygen atoms in total. The Morgan fingerprint density at radius 2 is 1.79 bits per heavy atom. The maximum Gasteiger partial charge on any atom is 0.416 e. The Balaban J connectivity index is 2.97. The van der Waals surface area contributed by atoms with Crippen LogP contribution in [0.4, 0.5) is 18.9 Å². The van der Waals surface area contributed by atoms with E-state index in [0.717, 1.165) is 23.1 Å². The Morgan fingerprint density at radius 1 is 1.21 bits per heavy atom. The lowest BCUT2D eigenvalue weighted by Crippen LogP contribution is -2.41. The van der Waals surface area contributed by atoms with E-state index >= 15 is 0 Å². The molecule has 1 aromatic rings. The molecule has 0 radical (unpaired) electrons. The van der Waals surface area contributed by atoms with Crippen molar-refractivity contribution in [2.24, 2.45) is 5.41 Å². The molecule has 0 aliphatic rings. The summed E-state index contributed by atoms with van der Waals surface area (Å²) in [5.41, 5.74) is -1.54. The van der Waals surface area contributed by atoms with E-state index in [2.05, 4.69) is 5.32 Å². The number of carbonyl (C=O) groups excluding carboxylic acids is 2. The van der Waals surface area contributed by atoms with Crippen molar-refractivity contribution in [2.75, 3.05) is 18.0 Å². The van der Waals surface area contributed by atoms with Crippen LogP contribution in [-0.2, 0) is 15.8 Å². The first-order valence-electron chi connectivity index (χ1n) is 7.27. The number of anilines is 1. The van der Waals surface area contributed by atoms with Gasteiger partial charge in [0, 0.05) is 25.4 Å². The van der Waals surface area contributed by atoms with Crippen LogP contribution in [0.5, 0.6) is 0 Å². The molecule has 0 fully saturated rings. The second-order valence-electron chi connectivity index (χ2n) is 6.34. The number of nitrogens with one attached hydrogen (secondary N) is 1. The van der Waals surface area contributed by atoms with E-state index in [1.165, 1.54) is 6.92 Å². The summed E-state index contributed by atoms with van der Waals surface area (Å²) in [6.45, 7) is 6.53. The highest BCUT2D eigenvalue weighted by molar-refractivity contribution is 6.33. The van der Waals surface area contributed by atoms with Crippen molar-refractivity contribution in [1.82, 2.24) is 5.32 Å². The summed E-state index contributed by atoms with van der Waals surface area (Å²) in [6, 6.07) is 2.78. The molecule has 0 bridgehead atoms.